The van der Waals surface area contributed by atoms with Gasteiger partial charge in [0.25, 0.3) is 0 Å². The number of hydrogen-bond donors (Lipinski definition) is 0. The molecule has 0 saturated heterocycles. The van der Waals surface area contributed by atoms with Gasteiger partial charge in [-0.05, 0) is 18.2 Å². The van der Waals surface area contributed by atoms with E-state index in [1.54, 1.807) is 6.07 Å². The molecule has 4 nitrogen and oxygen atoms in total. The topological polar surface area (TPSA) is 43.9 Å². The molecule has 3 aromatic rings. The molecule has 1 aromatic carbocycles. The van der Waals surface area contributed by atoms with E-state index in [0.29, 0.717) is 28.4 Å². The van der Waals surface area contributed by atoms with E-state index >= 15 is 0 Å². The second kappa shape index (κ2) is 4.87. The minimum atomic E-state index is 0.507. The summed E-state index contributed by atoms with van der Waals surface area (Å²) >= 11 is 12.2. The Balaban J connectivity index is 2.01. The molecule has 6 heteroatoms. The third-order valence-corrected chi connectivity index (χ3v) is 3.45. The highest BCUT2D eigenvalue weighted by molar-refractivity contribution is 6.38. The highest BCUT2D eigenvalue weighted by Crippen LogP contribution is 2.29. The number of rotatable bonds is 3. The van der Waals surface area contributed by atoms with Gasteiger partial charge in [0.2, 0.25) is 11.8 Å². The van der Waals surface area contributed by atoms with E-state index in [9.17, 15) is 0 Å². The first kappa shape index (κ1) is 12.5. The van der Waals surface area contributed by atoms with E-state index in [-0.39, 0.29) is 0 Å². The zero-order valence-corrected chi connectivity index (χ0v) is 11.7. The number of aromatic nitrogens is 3. The molecule has 0 N–H and O–H groups in total. The lowest BCUT2D eigenvalue weighted by molar-refractivity contribution is 0.444. The number of fused-ring (bicyclic) bond motifs is 1. The normalized spacial score (nSPS) is 11.3. The molecular formula is C13H11Cl2N3O. The average molecular weight is 296 g/mol. The van der Waals surface area contributed by atoms with Gasteiger partial charge in [0.05, 0.1) is 10.5 Å². The van der Waals surface area contributed by atoms with Crippen molar-refractivity contribution in [2.75, 3.05) is 0 Å². The van der Waals surface area contributed by atoms with E-state index in [0.717, 1.165) is 17.3 Å². The first-order chi connectivity index (χ1) is 9.17. The van der Waals surface area contributed by atoms with Gasteiger partial charge >= 0.3 is 0 Å². The van der Waals surface area contributed by atoms with Crippen LogP contribution in [0.25, 0.3) is 10.9 Å². The maximum atomic E-state index is 6.16. The van der Waals surface area contributed by atoms with Gasteiger partial charge in [-0.15, -0.1) is 10.2 Å². The van der Waals surface area contributed by atoms with E-state index < -0.39 is 0 Å². The predicted molar refractivity (Wildman–Crippen MR) is 74.7 cm³/mol. The summed E-state index contributed by atoms with van der Waals surface area (Å²) in [6.07, 6.45) is 2.67. The van der Waals surface area contributed by atoms with Crippen LogP contribution in [0.4, 0.5) is 0 Å². The van der Waals surface area contributed by atoms with Crippen molar-refractivity contribution in [1.82, 2.24) is 14.8 Å². The third-order valence-electron chi connectivity index (χ3n) is 2.92. The second-order valence-electron chi connectivity index (χ2n) is 4.21. The number of nitrogens with zero attached hydrogens (tertiary/aromatic N) is 3. The zero-order valence-electron chi connectivity index (χ0n) is 10.2. The van der Waals surface area contributed by atoms with Gasteiger partial charge in [-0.25, -0.2) is 0 Å². The van der Waals surface area contributed by atoms with Crippen LogP contribution in [-0.4, -0.2) is 14.8 Å². The maximum absolute atomic E-state index is 6.16. The first-order valence-electron chi connectivity index (χ1n) is 5.92. The predicted octanol–water partition coefficient (Wildman–Crippen LogP) is 3.94. The fourth-order valence-corrected chi connectivity index (χ4v) is 2.54. The molecule has 0 aliphatic rings. The number of hydrogen-bond acceptors (Lipinski definition) is 3. The Morgan fingerprint density at radius 1 is 1.21 bits per heavy atom. The summed E-state index contributed by atoms with van der Waals surface area (Å²) in [6, 6.07) is 5.56. The average Bonchev–Trinajstić information content (AvgIpc) is 2.97. The highest BCUT2D eigenvalue weighted by Gasteiger charge is 2.10. The van der Waals surface area contributed by atoms with Crippen molar-refractivity contribution in [2.24, 2.45) is 0 Å². The van der Waals surface area contributed by atoms with Crippen LogP contribution in [0.2, 0.25) is 10.0 Å². The molecule has 0 spiro atoms. The van der Waals surface area contributed by atoms with Gasteiger partial charge < -0.3 is 8.98 Å². The van der Waals surface area contributed by atoms with Crippen LogP contribution >= 0.6 is 23.2 Å². The Hall–Kier alpha value is -1.52. The van der Waals surface area contributed by atoms with Gasteiger partial charge in [0.15, 0.2) is 0 Å². The maximum Gasteiger partial charge on any atom is 0.236 e. The van der Waals surface area contributed by atoms with Crippen molar-refractivity contribution in [3.05, 3.63) is 46.2 Å². The van der Waals surface area contributed by atoms with Crippen molar-refractivity contribution in [2.45, 2.75) is 19.9 Å². The fraction of sp³-hybridized carbons (Fsp3) is 0.231. The van der Waals surface area contributed by atoms with Crippen molar-refractivity contribution in [3.8, 4) is 0 Å². The van der Waals surface area contributed by atoms with Crippen molar-refractivity contribution in [3.63, 3.8) is 0 Å². The van der Waals surface area contributed by atoms with E-state index in [1.807, 2.05) is 29.8 Å². The molecule has 2 heterocycles. The summed E-state index contributed by atoms with van der Waals surface area (Å²) in [5.74, 6) is 1.22. The SMILES string of the molecule is CCc1nnc(Cn2ccc3c(Cl)cc(Cl)cc32)o1. The largest absolute Gasteiger partial charge is 0.423 e. The Labute approximate surface area is 119 Å². The molecule has 0 atom stereocenters. The zero-order chi connectivity index (χ0) is 13.4. The Morgan fingerprint density at radius 2 is 2.00 bits per heavy atom. The van der Waals surface area contributed by atoms with Gasteiger partial charge in [-0.2, -0.15) is 0 Å². The van der Waals surface area contributed by atoms with Gasteiger partial charge in [0.1, 0.15) is 6.54 Å². The number of halogens is 2. The highest BCUT2D eigenvalue weighted by atomic mass is 35.5. The summed E-state index contributed by atoms with van der Waals surface area (Å²) in [5.41, 5.74) is 0.953. The summed E-state index contributed by atoms with van der Waals surface area (Å²) < 4.78 is 7.49. The second-order valence-corrected chi connectivity index (χ2v) is 5.05. The number of benzene rings is 1. The monoisotopic (exact) mass is 295 g/mol. The van der Waals surface area contributed by atoms with Crippen molar-refractivity contribution < 1.29 is 4.42 Å². The smallest absolute Gasteiger partial charge is 0.236 e. The molecule has 0 radical (unpaired) electrons. The Kier molecular flexibility index (Phi) is 3.21. The molecule has 0 saturated carbocycles. The van der Waals surface area contributed by atoms with Crippen LogP contribution < -0.4 is 0 Å². The van der Waals surface area contributed by atoms with Gasteiger partial charge in [0, 0.05) is 23.0 Å². The molecule has 0 aliphatic heterocycles. The van der Waals surface area contributed by atoms with Crippen molar-refractivity contribution in [1.29, 1.82) is 0 Å². The van der Waals surface area contributed by atoms with Gasteiger partial charge in [-0.1, -0.05) is 30.1 Å². The van der Waals surface area contributed by atoms with Crippen LogP contribution in [0.1, 0.15) is 18.7 Å². The molecule has 2 aromatic heterocycles. The van der Waals surface area contributed by atoms with E-state index in [4.69, 9.17) is 27.6 Å². The molecular weight excluding hydrogens is 285 g/mol. The Bertz CT molecular complexity index is 733. The quantitative estimate of drug-likeness (QED) is 0.735. The Morgan fingerprint density at radius 3 is 2.74 bits per heavy atom. The summed E-state index contributed by atoms with van der Waals surface area (Å²) in [5, 5.41) is 10.2. The van der Waals surface area contributed by atoms with Crippen LogP contribution in [0.3, 0.4) is 0 Å². The van der Waals surface area contributed by atoms with Crippen LogP contribution in [0.5, 0.6) is 0 Å². The lowest BCUT2D eigenvalue weighted by atomic mass is 10.2. The summed E-state index contributed by atoms with van der Waals surface area (Å²) in [4.78, 5) is 0. The van der Waals surface area contributed by atoms with Crippen LogP contribution in [0, 0.1) is 0 Å². The molecule has 3 rings (SSSR count). The molecule has 0 aliphatic carbocycles. The fourth-order valence-electron chi connectivity index (χ4n) is 2.00. The molecule has 19 heavy (non-hydrogen) atoms. The minimum absolute atomic E-state index is 0.507. The molecule has 0 unspecified atom stereocenters. The molecule has 0 bridgehead atoms. The van der Waals surface area contributed by atoms with E-state index in [2.05, 4.69) is 10.2 Å². The summed E-state index contributed by atoms with van der Waals surface area (Å²) in [7, 11) is 0. The lowest BCUT2D eigenvalue weighted by Gasteiger charge is -2.03. The molecule has 0 amide bonds. The van der Waals surface area contributed by atoms with Crippen molar-refractivity contribution >= 4 is 34.1 Å². The summed E-state index contributed by atoms with van der Waals surface area (Å²) in [6.45, 7) is 2.48. The van der Waals surface area contributed by atoms with E-state index in [1.165, 1.54) is 0 Å². The molecule has 98 valence electrons. The lowest BCUT2D eigenvalue weighted by Crippen LogP contribution is -1.98. The number of aryl methyl sites for hydroxylation is 1. The van der Waals surface area contributed by atoms with Crippen LogP contribution in [-0.2, 0) is 13.0 Å². The minimum Gasteiger partial charge on any atom is -0.423 e. The standard InChI is InChI=1S/C13H11Cl2N3O/c1-2-12-16-17-13(19-12)7-18-4-3-9-10(15)5-8(14)6-11(9)18/h3-6H,2,7H2,1H3. The molecule has 0 fully saturated rings. The third kappa shape index (κ3) is 2.33. The van der Waals surface area contributed by atoms with Gasteiger partial charge in [-0.3, -0.25) is 0 Å². The van der Waals surface area contributed by atoms with Crippen LogP contribution in [0.15, 0.2) is 28.8 Å². The first-order valence-corrected chi connectivity index (χ1v) is 6.68.